The van der Waals surface area contributed by atoms with Gasteiger partial charge in [0, 0.05) is 11.1 Å². The average molecular weight is 428 g/mol. The van der Waals surface area contributed by atoms with E-state index >= 15 is 0 Å². The number of hydrogen-bond acceptors (Lipinski definition) is 7. The van der Waals surface area contributed by atoms with E-state index in [4.69, 9.17) is 9.41 Å². The van der Waals surface area contributed by atoms with Gasteiger partial charge < -0.3 is 20.0 Å². The second kappa shape index (κ2) is 7.56. The van der Waals surface area contributed by atoms with Crippen LogP contribution in [0.15, 0.2) is 64.0 Å². The Hall–Kier alpha value is -3.52. The number of hydrogen-bond donors (Lipinski definition) is 2. The maximum absolute atomic E-state index is 13.0. The molecule has 0 aliphatic carbocycles. The third kappa shape index (κ3) is 3.27. The first-order valence-corrected chi connectivity index (χ1v) is 11.1. The molecule has 2 N–H and O–H groups in total. The third-order valence-electron chi connectivity index (χ3n) is 6.85. The highest BCUT2D eigenvalue weighted by atomic mass is 16.4. The van der Waals surface area contributed by atoms with Gasteiger partial charge in [0.05, 0.1) is 16.8 Å². The topological polar surface area (TPSA) is 95.6 Å². The summed E-state index contributed by atoms with van der Waals surface area (Å²) in [6.45, 7) is 3.21. The first-order chi connectivity index (χ1) is 15.7. The van der Waals surface area contributed by atoms with E-state index in [1.807, 2.05) is 54.6 Å². The third-order valence-corrected chi connectivity index (χ3v) is 6.85. The molecular formula is C24H24N6O2. The minimum atomic E-state index is -0.892. The molecule has 1 unspecified atom stereocenters. The van der Waals surface area contributed by atoms with Gasteiger partial charge in [0.2, 0.25) is 12.1 Å². The van der Waals surface area contributed by atoms with Crippen LogP contribution in [0.3, 0.4) is 0 Å². The number of piperidine rings is 3. The highest BCUT2D eigenvalue weighted by Gasteiger charge is 2.44. The Morgan fingerprint density at radius 1 is 0.969 bits per heavy atom. The second-order valence-electron chi connectivity index (χ2n) is 8.71. The first-order valence-electron chi connectivity index (χ1n) is 11.1. The number of aliphatic imine (C=N–C) groups is 1. The van der Waals surface area contributed by atoms with Crippen molar-refractivity contribution in [2.45, 2.75) is 30.8 Å². The van der Waals surface area contributed by atoms with Crippen LogP contribution in [0.25, 0.3) is 0 Å². The zero-order valence-electron chi connectivity index (χ0n) is 17.6. The number of anilines is 2. The van der Waals surface area contributed by atoms with Crippen molar-refractivity contribution in [1.82, 2.24) is 15.1 Å². The molecule has 4 aliphatic heterocycles. The Labute approximate surface area is 185 Å². The molecule has 32 heavy (non-hydrogen) atoms. The fourth-order valence-electron chi connectivity index (χ4n) is 4.94. The van der Waals surface area contributed by atoms with Gasteiger partial charge in [-0.15, -0.1) is 5.10 Å². The number of fused-ring (bicyclic) bond motifs is 4. The van der Waals surface area contributed by atoms with E-state index in [0.717, 1.165) is 61.4 Å². The standard InChI is InChI=1S/C24H24N6O2/c31-21-20(27-23-29-28-22(32-23)24-10-13-30(14-11-24)15-12-24)26-19(16-6-2-1-3-7-16)17-8-4-5-9-18(17)25-21/h1-9,20H,10-15H2,(H,25,31)(H,27,29). The van der Waals surface area contributed by atoms with Crippen LogP contribution in [0.5, 0.6) is 0 Å². The first kappa shape index (κ1) is 19.2. The van der Waals surface area contributed by atoms with Crippen LogP contribution in [-0.2, 0) is 10.2 Å². The predicted molar refractivity (Wildman–Crippen MR) is 121 cm³/mol. The fourth-order valence-corrected chi connectivity index (χ4v) is 4.94. The van der Waals surface area contributed by atoms with Crippen LogP contribution < -0.4 is 10.6 Å². The van der Waals surface area contributed by atoms with Gasteiger partial charge in [-0.05, 0) is 45.0 Å². The molecule has 1 amide bonds. The smallest absolute Gasteiger partial charge is 0.317 e. The fraction of sp³-hybridized carbons (Fsp3) is 0.333. The molecule has 0 spiro atoms. The molecule has 2 bridgehead atoms. The van der Waals surface area contributed by atoms with Gasteiger partial charge in [-0.25, -0.2) is 4.99 Å². The van der Waals surface area contributed by atoms with E-state index in [1.54, 1.807) is 0 Å². The molecule has 0 radical (unpaired) electrons. The molecule has 8 heteroatoms. The SMILES string of the molecule is O=C1Nc2ccccc2C(c2ccccc2)=NC1Nc1nnc(C23CCN(CC2)CC3)o1. The van der Waals surface area contributed by atoms with E-state index in [1.165, 1.54) is 0 Å². The quantitative estimate of drug-likeness (QED) is 0.663. The highest BCUT2D eigenvalue weighted by Crippen LogP contribution is 2.42. The molecule has 2 aromatic carbocycles. The molecule has 162 valence electrons. The van der Waals surface area contributed by atoms with E-state index < -0.39 is 6.17 Å². The van der Waals surface area contributed by atoms with Gasteiger partial charge in [0.15, 0.2) is 0 Å². The maximum Gasteiger partial charge on any atom is 0.317 e. The highest BCUT2D eigenvalue weighted by molar-refractivity contribution is 6.19. The number of nitrogens with one attached hydrogen (secondary N) is 2. The van der Waals surface area contributed by atoms with E-state index in [0.29, 0.717) is 5.89 Å². The number of nitrogens with zero attached hydrogens (tertiary/aromatic N) is 4. The summed E-state index contributed by atoms with van der Waals surface area (Å²) in [7, 11) is 0. The van der Waals surface area contributed by atoms with Crippen molar-refractivity contribution < 1.29 is 9.21 Å². The van der Waals surface area contributed by atoms with Crippen molar-refractivity contribution in [3.8, 4) is 0 Å². The zero-order chi connectivity index (χ0) is 21.5. The molecule has 1 aromatic heterocycles. The van der Waals surface area contributed by atoms with Crippen LogP contribution in [-0.4, -0.2) is 52.5 Å². The average Bonchev–Trinajstić information content (AvgIpc) is 3.28. The Morgan fingerprint density at radius 3 is 2.47 bits per heavy atom. The van der Waals surface area contributed by atoms with E-state index in [-0.39, 0.29) is 17.3 Å². The number of benzodiazepines with no additional fused rings is 1. The monoisotopic (exact) mass is 428 g/mol. The van der Waals surface area contributed by atoms with Gasteiger partial charge >= 0.3 is 6.01 Å². The Morgan fingerprint density at radius 2 is 1.69 bits per heavy atom. The van der Waals surface area contributed by atoms with Crippen molar-refractivity contribution in [2.24, 2.45) is 4.99 Å². The molecule has 0 saturated carbocycles. The lowest BCUT2D eigenvalue weighted by molar-refractivity contribution is -0.116. The molecule has 7 rings (SSSR count). The van der Waals surface area contributed by atoms with Crippen molar-refractivity contribution >= 4 is 23.3 Å². The minimum Gasteiger partial charge on any atom is -0.407 e. The van der Waals surface area contributed by atoms with Crippen LogP contribution in [0.1, 0.15) is 36.3 Å². The molecule has 4 aliphatic rings. The van der Waals surface area contributed by atoms with Gasteiger partial charge in [-0.2, -0.15) is 0 Å². The normalized spacial score (nSPS) is 26.6. The predicted octanol–water partition coefficient (Wildman–Crippen LogP) is 3.03. The van der Waals surface area contributed by atoms with Crippen molar-refractivity contribution in [3.63, 3.8) is 0 Å². The molecule has 3 saturated heterocycles. The Kier molecular flexibility index (Phi) is 4.53. The van der Waals surface area contributed by atoms with Gasteiger partial charge in [0.1, 0.15) is 0 Å². The zero-order valence-corrected chi connectivity index (χ0v) is 17.6. The number of carbonyl (C=O) groups excluding carboxylic acids is 1. The van der Waals surface area contributed by atoms with Crippen LogP contribution in [0.2, 0.25) is 0 Å². The lowest BCUT2D eigenvalue weighted by atomic mass is 9.72. The molecule has 3 aromatic rings. The van der Waals surface area contributed by atoms with Gasteiger partial charge in [0.25, 0.3) is 5.91 Å². The summed E-state index contributed by atoms with van der Waals surface area (Å²) in [5.41, 5.74) is 3.22. The van der Waals surface area contributed by atoms with E-state index in [9.17, 15) is 4.79 Å². The van der Waals surface area contributed by atoms with Crippen molar-refractivity contribution in [3.05, 3.63) is 71.6 Å². The minimum absolute atomic E-state index is 0.0396. The molecular weight excluding hydrogens is 404 g/mol. The Balaban J connectivity index is 1.33. The summed E-state index contributed by atoms with van der Waals surface area (Å²) >= 11 is 0. The summed E-state index contributed by atoms with van der Waals surface area (Å²) in [4.78, 5) is 20.3. The molecule has 3 fully saturated rings. The summed E-state index contributed by atoms with van der Waals surface area (Å²) in [6, 6.07) is 17.8. The number of aromatic nitrogens is 2. The lowest BCUT2D eigenvalue weighted by Crippen LogP contribution is -2.50. The van der Waals surface area contributed by atoms with Gasteiger partial charge in [-0.3, -0.25) is 4.79 Å². The van der Waals surface area contributed by atoms with Crippen LogP contribution in [0.4, 0.5) is 11.7 Å². The number of carbonyl (C=O) groups is 1. The van der Waals surface area contributed by atoms with Crippen molar-refractivity contribution in [2.75, 3.05) is 30.3 Å². The molecule has 5 heterocycles. The second-order valence-corrected chi connectivity index (χ2v) is 8.71. The summed E-state index contributed by atoms with van der Waals surface area (Å²) < 4.78 is 6.05. The summed E-state index contributed by atoms with van der Waals surface area (Å²) in [5, 5.41) is 14.6. The Bertz CT molecular complexity index is 1170. The molecule has 1 atom stereocenters. The van der Waals surface area contributed by atoms with E-state index in [2.05, 4.69) is 25.7 Å². The largest absolute Gasteiger partial charge is 0.407 e. The number of amides is 1. The number of para-hydroxylation sites is 1. The summed E-state index contributed by atoms with van der Waals surface area (Å²) in [5.74, 6) is 0.399. The maximum atomic E-state index is 13.0. The van der Waals surface area contributed by atoms with Crippen LogP contribution in [0, 0.1) is 0 Å². The van der Waals surface area contributed by atoms with Crippen molar-refractivity contribution in [1.29, 1.82) is 0 Å². The molecule has 8 nitrogen and oxygen atoms in total. The number of benzene rings is 2. The summed E-state index contributed by atoms with van der Waals surface area (Å²) in [6.07, 6.45) is 2.20. The van der Waals surface area contributed by atoms with Gasteiger partial charge in [-0.1, -0.05) is 53.6 Å². The number of rotatable bonds is 4. The van der Waals surface area contributed by atoms with Crippen LogP contribution >= 0.6 is 0 Å². The lowest BCUT2D eigenvalue weighted by Gasteiger charge is -2.46.